The highest BCUT2D eigenvalue weighted by Crippen LogP contribution is 2.26. The zero-order chi connectivity index (χ0) is 18.8. The molecule has 0 aliphatic heterocycles. The quantitative estimate of drug-likeness (QED) is 0.741. The van der Waals surface area contributed by atoms with E-state index in [0.29, 0.717) is 5.88 Å². The summed E-state index contributed by atoms with van der Waals surface area (Å²) < 4.78 is 7.77. The van der Waals surface area contributed by atoms with Gasteiger partial charge in [-0.1, -0.05) is 12.1 Å². The fraction of sp³-hybridized carbons (Fsp3) is 0.350. The number of anilines is 1. The Bertz CT molecular complexity index is 961. The number of imidazole rings is 1. The van der Waals surface area contributed by atoms with E-state index in [4.69, 9.17) is 4.74 Å². The number of rotatable bonds is 4. The van der Waals surface area contributed by atoms with Gasteiger partial charge in [-0.2, -0.15) is 0 Å². The first kappa shape index (κ1) is 17.5. The molecule has 140 valence electrons. The van der Waals surface area contributed by atoms with Crippen LogP contribution in [0.15, 0.2) is 42.6 Å². The van der Waals surface area contributed by atoms with Gasteiger partial charge < -0.3 is 15.2 Å². The molecular weight excluding hydrogens is 344 g/mol. The maximum Gasteiger partial charge on any atom is 0.232 e. The summed E-state index contributed by atoms with van der Waals surface area (Å²) in [6, 6.07) is 11.3. The van der Waals surface area contributed by atoms with E-state index in [9.17, 15) is 9.90 Å². The second kappa shape index (κ2) is 7.36. The molecule has 7 nitrogen and oxygen atoms in total. The number of carbonyl (C=O) groups excluding carboxylic acids is 1. The van der Waals surface area contributed by atoms with Gasteiger partial charge >= 0.3 is 0 Å². The van der Waals surface area contributed by atoms with Crippen molar-refractivity contribution in [3.63, 3.8) is 0 Å². The minimum absolute atomic E-state index is 0.0772. The van der Waals surface area contributed by atoms with E-state index >= 15 is 0 Å². The predicted molar refractivity (Wildman–Crippen MR) is 102 cm³/mol. The molecule has 0 saturated heterocycles. The second-order valence-electron chi connectivity index (χ2n) is 6.90. The molecule has 3 aromatic rings. The van der Waals surface area contributed by atoms with Gasteiger partial charge in [-0.25, -0.2) is 9.50 Å². The standard InChI is InChI=1S/C20H22N4O3/c1-13(25)22-15-4-2-3-14(11-15)18-12-21-19-9-10-20(23-24(18)19)27-17-7-5-16(26)6-8-17/h2-4,9-12,16-17,26H,5-8H2,1H3,(H,22,25). The van der Waals surface area contributed by atoms with Crippen molar-refractivity contribution in [2.45, 2.75) is 44.8 Å². The minimum atomic E-state index is -0.212. The molecule has 1 saturated carbocycles. The summed E-state index contributed by atoms with van der Waals surface area (Å²) in [7, 11) is 0. The van der Waals surface area contributed by atoms with Crippen molar-refractivity contribution in [1.29, 1.82) is 0 Å². The van der Waals surface area contributed by atoms with Crippen LogP contribution in [0.5, 0.6) is 5.88 Å². The van der Waals surface area contributed by atoms with Gasteiger partial charge in [0, 0.05) is 24.2 Å². The number of aliphatic hydroxyl groups excluding tert-OH is 1. The number of benzene rings is 1. The van der Waals surface area contributed by atoms with E-state index in [1.54, 1.807) is 10.7 Å². The largest absolute Gasteiger partial charge is 0.473 e. The van der Waals surface area contributed by atoms with E-state index in [0.717, 1.165) is 48.3 Å². The first-order chi connectivity index (χ1) is 13.1. The number of aliphatic hydroxyl groups is 1. The molecule has 1 amide bonds. The van der Waals surface area contributed by atoms with Crippen LogP contribution in [0.3, 0.4) is 0 Å². The van der Waals surface area contributed by atoms with Gasteiger partial charge in [-0.3, -0.25) is 4.79 Å². The fourth-order valence-electron chi connectivity index (χ4n) is 3.41. The van der Waals surface area contributed by atoms with Gasteiger partial charge in [0.25, 0.3) is 0 Å². The molecule has 7 heteroatoms. The highest BCUT2D eigenvalue weighted by atomic mass is 16.5. The van der Waals surface area contributed by atoms with Crippen molar-refractivity contribution in [1.82, 2.24) is 14.6 Å². The number of hydrogen-bond donors (Lipinski definition) is 2. The van der Waals surface area contributed by atoms with Crippen molar-refractivity contribution >= 4 is 17.2 Å². The van der Waals surface area contributed by atoms with Gasteiger partial charge in [0.05, 0.1) is 18.0 Å². The Kier molecular flexibility index (Phi) is 4.77. The van der Waals surface area contributed by atoms with Crippen LogP contribution in [0.4, 0.5) is 5.69 Å². The van der Waals surface area contributed by atoms with Crippen molar-refractivity contribution in [3.05, 3.63) is 42.6 Å². The third kappa shape index (κ3) is 3.93. The van der Waals surface area contributed by atoms with Crippen molar-refractivity contribution in [3.8, 4) is 17.1 Å². The lowest BCUT2D eigenvalue weighted by Crippen LogP contribution is -2.26. The number of nitrogens with one attached hydrogen (secondary N) is 1. The molecule has 0 unspecified atom stereocenters. The summed E-state index contributed by atoms with van der Waals surface area (Å²) in [6.07, 6.45) is 4.81. The Morgan fingerprint density at radius 2 is 2.04 bits per heavy atom. The van der Waals surface area contributed by atoms with Crippen molar-refractivity contribution < 1.29 is 14.6 Å². The molecule has 1 aliphatic rings. The molecule has 1 fully saturated rings. The molecule has 0 bridgehead atoms. The van der Waals surface area contributed by atoms with Gasteiger partial charge in [0.1, 0.15) is 6.10 Å². The summed E-state index contributed by atoms with van der Waals surface area (Å²) in [5, 5.41) is 17.0. The fourth-order valence-corrected chi connectivity index (χ4v) is 3.41. The predicted octanol–water partition coefficient (Wildman–Crippen LogP) is 3.04. The molecule has 1 aliphatic carbocycles. The second-order valence-corrected chi connectivity index (χ2v) is 6.90. The highest BCUT2D eigenvalue weighted by molar-refractivity contribution is 5.89. The first-order valence-corrected chi connectivity index (χ1v) is 9.16. The van der Waals surface area contributed by atoms with E-state index in [-0.39, 0.29) is 18.1 Å². The van der Waals surface area contributed by atoms with Gasteiger partial charge in [0.15, 0.2) is 5.65 Å². The Morgan fingerprint density at radius 1 is 1.22 bits per heavy atom. The topological polar surface area (TPSA) is 88.8 Å². The molecule has 0 atom stereocenters. The lowest BCUT2D eigenvalue weighted by atomic mass is 9.95. The minimum Gasteiger partial charge on any atom is -0.473 e. The van der Waals surface area contributed by atoms with E-state index in [2.05, 4.69) is 15.4 Å². The van der Waals surface area contributed by atoms with E-state index in [1.807, 2.05) is 36.4 Å². The SMILES string of the molecule is CC(=O)Nc1cccc(-c2cnc3ccc(OC4CCC(O)CC4)nn23)c1. The van der Waals surface area contributed by atoms with Gasteiger partial charge in [-0.05, 0) is 43.9 Å². The molecule has 2 aromatic heterocycles. The monoisotopic (exact) mass is 366 g/mol. The Morgan fingerprint density at radius 3 is 2.81 bits per heavy atom. The van der Waals surface area contributed by atoms with Crippen LogP contribution in [-0.2, 0) is 4.79 Å². The molecule has 27 heavy (non-hydrogen) atoms. The first-order valence-electron chi connectivity index (χ1n) is 9.16. The van der Waals surface area contributed by atoms with E-state index in [1.165, 1.54) is 6.92 Å². The Labute approximate surface area is 157 Å². The number of hydrogen-bond acceptors (Lipinski definition) is 5. The van der Waals surface area contributed by atoms with Crippen LogP contribution in [-0.4, -0.2) is 37.8 Å². The van der Waals surface area contributed by atoms with E-state index < -0.39 is 0 Å². The van der Waals surface area contributed by atoms with Crippen LogP contribution < -0.4 is 10.1 Å². The lowest BCUT2D eigenvalue weighted by Gasteiger charge is -2.25. The number of aromatic nitrogens is 3. The molecule has 0 radical (unpaired) electrons. The third-order valence-corrected chi connectivity index (χ3v) is 4.75. The zero-order valence-electron chi connectivity index (χ0n) is 15.1. The molecule has 2 heterocycles. The highest BCUT2D eigenvalue weighted by Gasteiger charge is 2.21. The summed E-state index contributed by atoms with van der Waals surface area (Å²) in [5.74, 6) is 0.429. The van der Waals surface area contributed by atoms with Crippen LogP contribution in [0, 0.1) is 0 Å². The summed E-state index contributed by atoms with van der Waals surface area (Å²) >= 11 is 0. The number of fused-ring (bicyclic) bond motifs is 1. The number of ether oxygens (including phenoxy) is 1. The van der Waals surface area contributed by atoms with Crippen LogP contribution in [0.1, 0.15) is 32.6 Å². The molecule has 2 N–H and O–H groups in total. The smallest absolute Gasteiger partial charge is 0.232 e. The third-order valence-electron chi connectivity index (χ3n) is 4.75. The summed E-state index contributed by atoms with van der Waals surface area (Å²) in [5.41, 5.74) is 3.17. The number of amides is 1. The molecular formula is C20H22N4O3. The van der Waals surface area contributed by atoms with Crippen LogP contribution in [0.25, 0.3) is 16.9 Å². The average Bonchev–Trinajstić information content (AvgIpc) is 3.06. The molecule has 0 spiro atoms. The maximum atomic E-state index is 11.3. The Balaban J connectivity index is 1.61. The van der Waals surface area contributed by atoms with Crippen molar-refractivity contribution in [2.24, 2.45) is 0 Å². The lowest BCUT2D eigenvalue weighted by molar-refractivity contribution is -0.114. The maximum absolute atomic E-state index is 11.3. The van der Waals surface area contributed by atoms with Crippen molar-refractivity contribution in [2.75, 3.05) is 5.32 Å². The average molecular weight is 366 g/mol. The van der Waals surface area contributed by atoms with Crippen LogP contribution >= 0.6 is 0 Å². The zero-order valence-corrected chi connectivity index (χ0v) is 15.1. The summed E-state index contributed by atoms with van der Waals surface area (Å²) in [4.78, 5) is 15.7. The normalized spacial score (nSPS) is 19.8. The van der Waals surface area contributed by atoms with Gasteiger partial charge in [0.2, 0.25) is 11.8 Å². The number of nitrogens with zero attached hydrogens (tertiary/aromatic N) is 3. The van der Waals surface area contributed by atoms with Gasteiger partial charge in [-0.15, -0.1) is 5.10 Å². The van der Waals surface area contributed by atoms with Crippen LogP contribution in [0.2, 0.25) is 0 Å². The molecule has 4 rings (SSSR count). The number of carbonyl (C=O) groups is 1. The molecule has 1 aromatic carbocycles. The summed E-state index contributed by atoms with van der Waals surface area (Å²) in [6.45, 7) is 1.48. The Hall–Kier alpha value is -2.93.